The van der Waals surface area contributed by atoms with Crippen molar-refractivity contribution in [1.82, 2.24) is 20.3 Å². The van der Waals surface area contributed by atoms with Gasteiger partial charge in [-0.15, -0.1) is 0 Å². The molecule has 0 saturated heterocycles. The zero-order chi connectivity index (χ0) is 23.9. The van der Waals surface area contributed by atoms with E-state index in [0.29, 0.717) is 11.1 Å². The number of rotatable bonds is 5. The van der Waals surface area contributed by atoms with Crippen LogP contribution in [-0.2, 0) is 5.54 Å². The van der Waals surface area contributed by atoms with E-state index in [1.165, 1.54) is 0 Å². The number of benzene rings is 2. The molecule has 2 unspecified atom stereocenters. The average Bonchev–Trinajstić information content (AvgIpc) is 3.15. The number of hydrogen-bond acceptors (Lipinski definition) is 6. The summed E-state index contributed by atoms with van der Waals surface area (Å²) in [5.74, 6) is 0.177. The molecule has 0 aliphatic carbocycles. The van der Waals surface area contributed by atoms with Gasteiger partial charge in [-0.2, -0.15) is 8.78 Å². The third-order valence-electron chi connectivity index (χ3n) is 6.16. The van der Waals surface area contributed by atoms with Crippen LogP contribution in [0.5, 0.6) is 5.75 Å². The largest absolute Gasteiger partial charge is 0.434 e. The molecule has 34 heavy (non-hydrogen) atoms. The second kappa shape index (κ2) is 8.55. The lowest BCUT2D eigenvalue weighted by Crippen LogP contribution is -2.42. The van der Waals surface area contributed by atoms with Gasteiger partial charge in [0, 0.05) is 29.7 Å². The topological polar surface area (TPSA) is 86.0 Å². The zero-order valence-corrected chi connectivity index (χ0v) is 18.7. The Morgan fingerprint density at radius 3 is 2.47 bits per heavy atom. The van der Waals surface area contributed by atoms with E-state index in [4.69, 9.17) is 10.5 Å². The number of nitrogens with two attached hydrogens (primary N) is 1. The van der Waals surface area contributed by atoms with E-state index in [-0.39, 0.29) is 5.75 Å². The number of hydrogen-bond donors (Lipinski definition) is 2. The van der Waals surface area contributed by atoms with E-state index in [2.05, 4.69) is 20.3 Å². The highest BCUT2D eigenvalue weighted by Gasteiger charge is 2.46. The molecule has 0 spiro atoms. The number of fused-ring (bicyclic) bond motifs is 1. The predicted octanol–water partition coefficient (Wildman–Crippen LogP) is 4.61. The Morgan fingerprint density at radius 1 is 0.971 bits per heavy atom. The second-order valence-corrected chi connectivity index (χ2v) is 8.30. The number of halogens is 2. The number of aromatic nitrogens is 3. The molecule has 0 saturated carbocycles. The minimum absolute atomic E-state index is 0.177. The second-order valence-electron chi connectivity index (χ2n) is 8.30. The van der Waals surface area contributed by atoms with Gasteiger partial charge >= 0.3 is 6.61 Å². The molecular formula is C26H23F2N5O. The SMILES string of the molecule is Cc1cc(C2(c3cccc(-c4cnccn4)c3)NC(N)c3ncccc32)cc(C)c1OC(F)F. The van der Waals surface area contributed by atoms with Crippen LogP contribution in [0.1, 0.15) is 39.7 Å². The molecule has 4 aromatic rings. The third-order valence-corrected chi connectivity index (χ3v) is 6.16. The molecule has 0 bridgehead atoms. The number of pyridine rings is 1. The van der Waals surface area contributed by atoms with Gasteiger partial charge < -0.3 is 10.5 Å². The molecule has 2 aromatic carbocycles. The van der Waals surface area contributed by atoms with Crippen molar-refractivity contribution in [1.29, 1.82) is 0 Å². The highest BCUT2D eigenvalue weighted by atomic mass is 19.3. The molecule has 5 rings (SSSR count). The summed E-state index contributed by atoms with van der Waals surface area (Å²) in [6.45, 7) is 0.622. The predicted molar refractivity (Wildman–Crippen MR) is 124 cm³/mol. The van der Waals surface area contributed by atoms with Crippen molar-refractivity contribution >= 4 is 0 Å². The molecule has 3 heterocycles. The van der Waals surface area contributed by atoms with Gasteiger partial charge in [0.2, 0.25) is 0 Å². The number of aryl methyl sites for hydroxylation is 2. The van der Waals surface area contributed by atoms with Crippen LogP contribution in [-0.4, -0.2) is 21.6 Å². The summed E-state index contributed by atoms with van der Waals surface area (Å²) in [6.07, 6.45) is 6.18. The average molecular weight is 460 g/mol. The maximum absolute atomic E-state index is 13.0. The molecule has 8 heteroatoms. The quantitative estimate of drug-likeness (QED) is 0.453. The lowest BCUT2D eigenvalue weighted by molar-refractivity contribution is -0.0507. The third kappa shape index (κ3) is 3.61. The summed E-state index contributed by atoms with van der Waals surface area (Å²) in [5, 5.41) is 3.55. The number of ether oxygens (including phenoxy) is 1. The summed E-state index contributed by atoms with van der Waals surface area (Å²) in [7, 11) is 0. The van der Waals surface area contributed by atoms with Crippen molar-refractivity contribution in [2.45, 2.75) is 32.2 Å². The standard InChI is InChI=1S/C26H23F2N5O/c1-15-11-19(12-16(2)23(15)34-25(27)28)26(20-7-4-8-32-22(20)24(29)33-26)18-6-3-5-17(13-18)21-14-30-9-10-31-21/h3-14,24-25,33H,29H2,1-2H3. The summed E-state index contributed by atoms with van der Waals surface area (Å²) < 4.78 is 30.8. The summed E-state index contributed by atoms with van der Waals surface area (Å²) in [5.41, 5.74) is 11.9. The minimum Gasteiger partial charge on any atom is -0.434 e. The maximum Gasteiger partial charge on any atom is 0.387 e. The summed E-state index contributed by atoms with van der Waals surface area (Å²) in [4.78, 5) is 13.2. The first kappa shape index (κ1) is 22.1. The lowest BCUT2D eigenvalue weighted by Gasteiger charge is -2.34. The van der Waals surface area contributed by atoms with Crippen LogP contribution in [0.2, 0.25) is 0 Å². The molecule has 1 aliphatic heterocycles. The Kier molecular flexibility index (Phi) is 5.55. The van der Waals surface area contributed by atoms with Crippen molar-refractivity contribution in [3.8, 4) is 17.0 Å². The van der Waals surface area contributed by atoms with Crippen LogP contribution in [0, 0.1) is 13.8 Å². The Balaban J connectivity index is 1.76. The van der Waals surface area contributed by atoms with Gasteiger partial charge in [0.1, 0.15) is 11.9 Å². The number of nitrogens with one attached hydrogen (secondary N) is 1. The Hall–Kier alpha value is -3.75. The highest BCUT2D eigenvalue weighted by molar-refractivity contribution is 5.64. The summed E-state index contributed by atoms with van der Waals surface area (Å²) >= 11 is 0. The monoisotopic (exact) mass is 459 g/mol. The fourth-order valence-electron chi connectivity index (χ4n) is 4.81. The molecule has 0 amide bonds. The van der Waals surface area contributed by atoms with Crippen molar-refractivity contribution in [2.24, 2.45) is 5.73 Å². The molecule has 3 N–H and O–H groups in total. The van der Waals surface area contributed by atoms with Crippen LogP contribution in [0.25, 0.3) is 11.3 Å². The molecule has 2 atom stereocenters. The maximum atomic E-state index is 13.0. The molecule has 0 radical (unpaired) electrons. The van der Waals surface area contributed by atoms with Crippen LogP contribution in [0.15, 0.2) is 73.3 Å². The molecule has 2 aromatic heterocycles. The fourth-order valence-corrected chi connectivity index (χ4v) is 4.81. The molecule has 172 valence electrons. The van der Waals surface area contributed by atoms with Gasteiger partial charge in [0.25, 0.3) is 0 Å². The number of nitrogens with zero attached hydrogens (tertiary/aromatic N) is 3. The van der Waals surface area contributed by atoms with Crippen molar-refractivity contribution in [3.63, 3.8) is 0 Å². The molecule has 1 aliphatic rings. The van der Waals surface area contributed by atoms with Gasteiger partial charge in [0.15, 0.2) is 0 Å². The van der Waals surface area contributed by atoms with Gasteiger partial charge in [-0.3, -0.25) is 20.3 Å². The van der Waals surface area contributed by atoms with E-state index in [1.54, 1.807) is 38.6 Å². The van der Waals surface area contributed by atoms with Gasteiger partial charge in [-0.05, 0) is 60.4 Å². The molecular weight excluding hydrogens is 436 g/mol. The first-order valence-corrected chi connectivity index (χ1v) is 10.8. The van der Waals surface area contributed by atoms with E-state index >= 15 is 0 Å². The number of alkyl halides is 2. The van der Waals surface area contributed by atoms with Crippen LogP contribution >= 0.6 is 0 Å². The van der Waals surface area contributed by atoms with E-state index in [1.807, 2.05) is 48.5 Å². The van der Waals surface area contributed by atoms with Gasteiger partial charge in [0.05, 0.1) is 23.1 Å². The van der Waals surface area contributed by atoms with Crippen LogP contribution in [0.3, 0.4) is 0 Å². The fraction of sp³-hybridized carbons (Fsp3) is 0.192. The van der Waals surface area contributed by atoms with Crippen LogP contribution in [0.4, 0.5) is 8.78 Å². The van der Waals surface area contributed by atoms with Gasteiger partial charge in [-0.1, -0.05) is 24.3 Å². The van der Waals surface area contributed by atoms with E-state index in [9.17, 15) is 8.78 Å². The van der Waals surface area contributed by atoms with Crippen LogP contribution < -0.4 is 15.8 Å². The Labute approximate surface area is 195 Å². The summed E-state index contributed by atoms with van der Waals surface area (Å²) in [6, 6.07) is 15.6. The molecule has 6 nitrogen and oxygen atoms in total. The Bertz CT molecular complexity index is 1330. The van der Waals surface area contributed by atoms with Crippen molar-refractivity contribution in [2.75, 3.05) is 0 Å². The van der Waals surface area contributed by atoms with E-state index in [0.717, 1.165) is 33.6 Å². The normalized spacial score (nSPS) is 19.3. The highest BCUT2D eigenvalue weighted by Crippen LogP contribution is 2.46. The first-order chi connectivity index (χ1) is 16.4. The Morgan fingerprint density at radius 2 is 1.76 bits per heavy atom. The van der Waals surface area contributed by atoms with Gasteiger partial charge in [-0.25, -0.2) is 0 Å². The lowest BCUT2D eigenvalue weighted by atomic mass is 9.77. The van der Waals surface area contributed by atoms with Crippen molar-refractivity contribution < 1.29 is 13.5 Å². The van der Waals surface area contributed by atoms with Crippen molar-refractivity contribution in [3.05, 3.63) is 107 Å². The zero-order valence-electron chi connectivity index (χ0n) is 18.7. The molecule has 0 fully saturated rings. The first-order valence-electron chi connectivity index (χ1n) is 10.8. The van der Waals surface area contributed by atoms with E-state index < -0.39 is 18.3 Å². The smallest absolute Gasteiger partial charge is 0.387 e. The minimum atomic E-state index is -2.90.